The zero-order chi connectivity index (χ0) is 7.56. The molecule has 0 aromatic heterocycles. The molecule has 0 bridgehead atoms. The van der Waals surface area contributed by atoms with Gasteiger partial charge in [-0.25, -0.2) is 0 Å². The van der Waals surface area contributed by atoms with Crippen LogP contribution in [0.1, 0.15) is 6.42 Å². The quantitative estimate of drug-likeness (QED) is 0.638. The van der Waals surface area contributed by atoms with E-state index in [2.05, 4.69) is 26.7 Å². The van der Waals surface area contributed by atoms with Crippen LogP contribution in [0.15, 0.2) is 0 Å². The Morgan fingerprint density at radius 3 is 2.90 bits per heavy atom. The average molecular weight is 205 g/mol. The molecule has 0 saturated heterocycles. The Kier molecular flexibility index (Phi) is 2.72. The summed E-state index contributed by atoms with van der Waals surface area (Å²) >= 11 is 2.98. The number of hydrogen-bond acceptors (Lipinski definition) is 2. The minimum absolute atomic E-state index is 0.148. The largest absolute Gasteiger partial charge is 0.394 e. The standard InChI is InChI=1S/C7H9BrO2/c8-2-1-5-3-6(5)7(10)4-9/h5-7,9-10H,3-4H2/t5-,6-,7?/m1/s1. The maximum atomic E-state index is 9.06. The first-order valence-electron chi connectivity index (χ1n) is 3.19. The molecule has 1 aliphatic rings. The van der Waals surface area contributed by atoms with E-state index in [9.17, 15) is 0 Å². The Labute approximate surface area is 68.4 Å². The average Bonchev–Trinajstić information content (AvgIpc) is 2.67. The minimum Gasteiger partial charge on any atom is -0.394 e. The summed E-state index contributed by atoms with van der Waals surface area (Å²) in [7, 11) is 0. The molecule has 56 valence electrons. The van der Waals surface area contributed by atoms with Crippen molar-refractivity contribution in [3.8, 4) is 10.8 Å². The van der Waals surface area contributed by atoms with E-state index in [0.29, 0.717) is 5.92 Å². The highest BCUT2D eigenvalue weighted by molar-refractivity contribution is 9.12. The number of aliphatic hydroxyl groups is 2. The van der Waals surface area contributed by atoms with Gasteiger partial charge in [-0.1, -0.05) is 5.92 Å². The number of aliphatic hydroxyl groups excluding tert-OH is 2. The third kappa shape index (κ3) is 1.72. The topological polar surface area (TPSA) is 40.5 Å². The lowest BCUT2D eigenvalue weighted by Gasteiger charge is -2.01. The van der Waals surface area contributed by atoms with Crippen LogP contribution in [0.25, 0.3) is 0 Å². The highest BCUT2D eigenvalue weighted by Crippen LogP contribution is 2.40. The predicted molar refractivity (Wildman–Crippen MR) is 41.4 cm³/mol. The molecule has 0 aromatic rings. The lowest BCUT2D eigenvalue weighted by Crippen LogP contribution is -2.15. The maximum Gasteiger partial charge on any atom is 0.0811 e. The second-order valence-corrected chi connectivity index (χ2v) is 2.89. The van der Waals surface area contributed by atoms with Crippen molar-refractivity contribution in [2.75, 3.05) is 6.61 Å². The van der Waals surface area contributed by atoms with Gasteiger partial charge in [0.25, 0.3) is 0 Å². The van der Waals surface area contributed by atoms with Gasteiger partial charge in [-0.3, -0.25) is 0 Å². The fraction of sp³-hybridized carbons (Fsp3) is 0.714. The Bertz CT molecular complexity index is 170. The summed E-state index contributed by atoms with van der Waals surface area (Å²) in [5, 5.41) is 17.6. The van der Waals surface area contributed by atoms with Crippen LogP contribution in [-0.2, 0) is 0 Å². The van der Waals surface area contributed by atoms with Gasteiger partial charge in [0.1, 0.15) is 0 Å². The van der Waals surface area contributed by atoms with E-state index in [1.165, 1.54) is 0 Å². The number of halogens is 1. The molecule has 3 heteroatoms. The van der Waals surface area contributed by atoms with Crippen LogP contribution in [-0.4, -0.2) is 22.9 Å². The van der Waals surface area contributed by atoms with Crippen LogP contribution >= 0.6 is 15.9 Å². The zero-order valence-electron chi connectivity index (χ0n) is 5.42. The first-order valence-corrected chi connectivity index (χ1v) is 3.99. The van der Waals surface area contributed by atoms with E-state index < -0.39 is 6.10 Å². The predicted octanol–water partition coefficient (Wildman–Crippen LogP) is 0.332. The van der Waals surface area contributed by atoms with E-state index >= 15 is 0 Å². The Morgan fingerprint density at radius 2 is 2.40 bits per heavy atom. The van der Waals surface area contributed by atoms with Gasteiger partial charge in [-0.05, 0) is 11.3 Å². The third-order valence-electron chi connectivity index (χ3n) is 1.76. The molecular weight excluding hydrogens is 196 g/mol. The number of rotatable bonds is 2. The van der Waals surface area contributed by atoms with E-state index in [1.807, 2.05) is 0 Å². The summed E-state index contributed by atoms with van der Waals surface area (Å²) < 4.78 is 0. The highest BCUT2D eigenvalue weighted by Gasteiger charge is 2.40. The molecule has 2 nitrogen and oxygen atoms in total. The molecule has 0 aromatic carbocycles. The Balaban J connectivity index is 2.29. The van der Waals surface area contributed by atoms with E-state index in [4.69, 9.17) is 10.2 Å². The SMILES string of the molecule is OCC(O)[C@@H]1C[C@H]1C#CBr. The molecule has 0 aliphatic heterocycles. The van der Waals surface area contributed by atoms with Gasteiger partial charge in [0.05, 0.1) is 12.7 Å². The van der Waals surface area contributed by atoms with Crippen LogP contribution in [0, 0.1) is 22.6 Å². The second-order valence-electron chi connectivity index (χ2n) is 2.49. The molecule has 2 N–H and O–H groups in total. The van der Waals surface area contributed by atoms with Crippen molar-refractivity contribution in [3.63, 3.8) is 0 Å². The lowest BCUT2D eigenvalue weighted by molar-refractivity contribution is 0.0757. The van der Waals surface area contributed by atoms with Crippen molar-refractivity contribution in [1.82, 2.24) is 0 Å². The summed E-state index contributed by atoms with van der Waals surface area (Å²) in [6.45, 7) is -0.148. The van der Waals surface area contributed by atoms with E-state index in [1.54, 1.807) is 0 Å². The summed E-state index contributed by atoms with van der Waals surface area (Å²) in [5.74, 6) is 3.38. The molecule has 0 spiro atoms. The van der Waals surface area contributed by atoms with E-state index in [0.717, 1.165) is 6.42 Å². The van der Waals surface area contributed by atoms with Crippen molar-refractivity contribution in [1.29, 1.82) is 0 Å². The number of hydrogen-bond donors (Lipinski definition) is 2. The zero-order valence-corrected chi connectivity index (χ0v) is 7.00. The molecule has 1 rings (SSSR count). The summed E-state index contributed by atoms with van der Waals surface area (Å²) in [5.41, 5.74) is 0. The van der Waals surface area contributed by atoms with Crippen molar-refractivity contribution >= 4 is 15.9 Å². The molecule has 1 fully saturated rings. The van der Waals surface area contributed by atoms with Gasteiger partial charge in [-0.15, -0.1) is 0 Å². The fourth-order valence-electron chi connectivity index (χ4n) is 1.01. The molecule has 0 radical (unpaired) electrons. The second kappa shape index (κ2) is 3.38. The highest BCUT2D eigenvalue weighted by atomic mass is 79.9. The molecule has 0 amide bonds. The van der Waals surface area contributed by atoms with E-state index in [-0.39, 0.29) is 12.5 Å². The van der Waals surface area contributed by atoms with Gasteiger partial charge in [-0.2, -0.15) is 0 Å². The maximum absolute atomic E-state index is 9.06. The minimum atomic E-state index is -0.571. The normalized spacial score (nSPS) is 32.3. The molecule has 1 unspecified atom stereocenters. The summed E-state index contributed by atoms with van der Waals surface area (Å²) in [4.78, 5) is 2.61. The van der Waals surface area contributed by atoms with Crippen molar-refractivity contribution in [3.05, 3.63) is 0 Å². The Hall–Kier alpha value is -0.0400. The molecule has 1 saturated carbocycles. The van der Waals surface area contributed by atoms with Crippen LogP contribution in [0.2, 0.25) is 0 Å². The molecule has 0 heterocycles. The first-order chi connectivity index (χ1) is 4.79. The molecule has 3 atom stereocenters. The van der Waals surface area contributed by atoms with Gasteiger partial charge in [0.15, 0.2) is 0 Å². The smallest absolute Gasteiger partial charge is 0.0811 e. The molecule has 1 aliphatic carbocycles. The van der Waals surface area contributed by atoms with Crippen LogP contribution in [0.4, 0.5) is 0 Å². The van der Waals surface area contributed by atoms with Crippen molar-refractivity contribution < 1.29 is 10.2 Å². The first kappa shape index (κ1) is 8.06. The van der Waals surface area contributed by atoms with Crippen LogP contribution in [0.5, 0.6) is 0 Å². The van der Waals surface area contributed by atoms with Gasteiger partial charge < -0.3 is 10.2 Å². The fourth-order valence-corrected chi connectivity index (χ4v) is 1.31. The molecule has 10 heavy (non-hydrogen) atoms. The van der Waals surface area contributed by atoms with Crippen molar-refractivity contribution in [2.45, 2.75) is 12.5 Å². The lowest BCUT2D eigenvalue weighted by atomic mass is 10.2. The monoisotopic (exact) mass is 204 g/mol. The van der Waals surface area contributed by atoms with Crippen molar-refractivity contribution in [2.24, 2.45) is 11.8 Å². The van der Waals surface area contributed by atoms with Gasteiger partial charge in [0.2, 0.25) is 0 Å². The molecular formula is C7H9BrO2. The third-order valence-corrected chi connectivity index (χ3v) is 1.99. The summed E-state index contributed by atoms with van der Waals surface area (Å²) in [6, 6.07) is 0. The van der Waals surface area contributed by atoms with Crippen LogP contribution in [0.3, 0.4) is 0 Å². The van der Waals surface area contributed by atoms with Gasteiger partial charge in [0, 0.05) is 27.8 Å². The van der Waals surface area contributed by atoms with Crippen LogP contribution < -0.4 is 0 Å². The Morgan fingerprint density at radius 1 is 1.70 bits per heavy atom. The van der Waals surface area contributed by atoms with Gasteiger partial charge >= 0.3 is 0 Å². The summed E-state index contributed by atoms with van der Waals surface area (Å²) in [6.07, 6.45) is 0.346.